The minimum Gasteiger partial charge on any atom is -0.299 e. The molecule has 0 bridgehead atoms. The lowest BCUT2D eigenvalue weighted by Gasteiger charge is -2.32. The fourth-order valence-electron chi connectivity index (χ4n) is 2.46. The van der Waals surface area contributed by atoms with Crippen molar-refractivity contribution in [1.82, 2.24) is 0 Å². The normalized spacial score (nSPS) is 24.4. The highest BCUT2D eigenvalue weighted by molar-refractivity contribution is 5.89. The zero-order valence-electron chi connectivity index (χ0n) is 11.0. The van der Waals surface area contributed by atoms with Gasteiger partial charge in [0.1, 0.15) is 5.78 Å². The van der Waals surface area contributed by atoms with E-state index in [0.717, 1.165) is 30.4 Å². The predicted octanol–water partition coefficient (Wildman–Crippen LogP) is 4.41. The largest absolute Gasteiger partial charge is 0.299 e. The van der Waals surface area contributed by atoms with E-state index in [2.05, 4.69) is 18.7 Å². The van der Waals surface area contributed by atoms with E-state index in [-0.39, 0.29) is 5.41 Å². The predicted molar refractivity (Wildman–Crippen MR) is 76.2 cm³/mol. The first kappa shape index (κ1) is 12.8. The van der Waals surface area contributed by atoms with Gasteiger partial charge in [-0.05, 0) is 30.9 Å². The SMILES string of the molecule is C=C(/C=C/c1ccccc1)C1(C)CCCCC1=O. The minimum absolute atomic E-state index is 0.344. The summed E-state index contributed by atoms with van der Waals surface area (Å²) >= 11 is 0. The molecule has 0 amide bonds. The van der Waals surface area contributed by atoms with E-state index in [9.17, 15) is 4.79 Å². The Hall–Kier alpha value is -1.63. The third-order valence-corrected chi connectivity index (χ3v) is 3.93. The molecule has 1 unspecified atom stereocenters. The standard InChI is InChI=1S/C17H20O/c1-14(11-12-15-8-4-3-5-9-15)17(2)13-7-6-10-16(17)18/h3-5,8-9,11-12H,1,6-7,10,13H2,2H3/b12-11+. The molecule has 0 saturated heterocycles. The van der Waals surface area contributed by atoms with Crippen molar-refractivity contribution in [2.45, 2.75) is 32.6 Å². The molecule has 0 spiro atoms. The average molecular weight is 240 g/mol. The van der Waals surface area contributed by atoms with E-state index in [1.807, 2.05) is 37.3 Å². The Balaban J connectivity index is 2.12. The van der Waals surface area contributed by atoms with Crippen LogP contribution in [0.5, 0.6) is 0 Å². The van der Waals surface area contributed by atoms with Crippen LogP contribution in [-0.2, 0) is 4.79 Å². The Morgan fingerprint density at radius 3 is 2.67 bits per heavy atom. The molecule has 1 nitrogen and oxygen atoms in total. The molecule has 1 aliphatic carbocycles. The summed E-state index contributed by atoms with van der Waals surface area (Å²) < 4.78 is 0. The van der Waals surface area contributed by atoms with E-state index < -0.39 is 0 Å². The van der Waals surface area contributed by atoms with Crippen LogP contribution in [0.3, 0.4) is 0 Å². The van der Waals surface area contributed by atoms with Crippen molar-refractivity contribution in [2.75, 3.05) is 0 Å². The number of Topliss-reactive ketones (excluding diaryl/α,β-unsaturated/α-hetero) is 1. The van der Waals surface area contributed by atoms with E-state index in [1.165, 1.54) is 0 Å². The van der Waals surface area contributed by atoms with Gasteiger partial charge in [0.25, 0.3) is 0 Å². The monoisotopic (exact) mass is 240 g/mol. The number of benzene rings is 1. The topological polar surface area (TPSA) is 17.1 Å². The molecule has 0 N–H and O–H groups in total. The summed E-state index contributed by atoms with van der Waals surface area (Å²) in [7, 11) is 0. The summed E-state index contributed by atoms with van der Waals surface area (Å²) in [6.07, 6.45) is 7.83. The molecule has 1 fully saturated rings. The smallest absolute Gasteiger partial charge is 0.143 e. The number of carbonyl (C=O) groups is 1. The fraction of sp³-hybridized carbons (Fsp3) is 0.353. The van der Waals surface area contributed by atoms with Gasteiger partial charge >= 0.3 is 0 Å². The van der Waals surface area contributed by atoms with Gasteiger partial charge in [0.05, 0.1) is 5.41 Å². The molecule has 94 valence electrons. The van der Waals surface area contributed by atoms with Crippen LogP contribution in [0.15, 0.2) is 48.6 Å². The van der Waals surface area contributed by atoms with Gasteiger partial charge in [0.15, 0.2) is 0 Å². The minimum atomic E-state index is -0.344. The van der Waals surface area contributed by atoms with Crippen molar-refractivity contribution in [3.8, 4) is 0 Å². The van der Waals surface area contributed by atoms with Crippen molar-refractivity contribution < 1.29 is 4.79 Å². The highest BCUT2D eigenvalue weighted by Gasteiger charge is 2.36. The first-order chi connectivity index (χ1) is 8.63. The lowest BCUT2D eigenvalue weighted by molar-refractivity contribution is -0.128. The summed E-state index contributed by atoms with van der Waals surface area (Å²) in [6.45, 7) is 6.14. The number of ketones is 1. The molecule has 0 aliphatic heterocycles. The number of hydrogen-bond acceptors (Lipinski definition) is 1. The Kier molecular flexibility index (Phi) is 3.81. The maximum absolute atomic E-state index is 12.1. The van der Waals surface area contributed by atoms with Gasteiger partial charge in [-0.15, -0.1) is 0 Å². The van der Waals surface area contributed by atoms with Gasteiger partial charge in [-0.2, -0.15) is 0 Å². The van der Waals surface area contributed by atoms with Crippen molar-refractivity contribution in [3.05, 3.63) is 54.1 Å². The molecule has 1 saturated carbocycles. The summed E-state index contributed by atoms with van der Waals surface area (Å²) in [4.78, 5) is 12.1. The maximum Gasteiger partial charge on any atom is 0.143 e. The van der Waals surface area contributed by atoms with Gasteiger partial charge in [0, 0.05) is 6.42 Å². The van der Waals surface area contributed by atoms with Crippen LogP contribution < -0.4 is 0 Å². The van der Waals surface area contributed by atoms with Crippen LogP contribution in [0.4, 0.5) is 0 Å². The molecular weight excluding hydrogens is 220 g/mol. The second kappa shape index (κ2) is 5.34. The summed E-state index contributed by atoms with van der Waals surface area (Å²) in [5.74, 6) is 0.344. The molecule has 0 aromatic heterocycles. The highest BCUT2D eigenvalue weighted by Crippen LogP contribution is 2.39. The summed E-state index contributed by atoms with van der Waals surface area (Å²) in [5.41, 5.74) is 1.74. The highest BCUT2D eigenvalue weighted by atomic mass is 16.1. The van der Waals surface area contributed by atoms with Gasteiger partial charge < -0.3 is 0 Å². The van der Waals surface area contributed by atoms with E-state index in [4.69, 9.17) is 0 Å². The van der Waals surface area contributed by atoms with E-state index in [0.29, 0.717) is 12.2 Å². The van der Waals surface area contributed by atoms with Crippen molar-refractivity contribution >= 4 is 11.9 Å². The Morgan fingerprint density at radius 2 is 2.00 bits per heavy atom. The molecular formula is C17H20O. The van der Waals surface area contributed by atoms with Crippen molar-refractivity contribution in [3.63, 3.8) is 0 Å². The molecule has 1 atom stereocenters. The second-order valence-electron chi connectivity index (χ2n) is 5.23. The third-order valence-electron chi connectivity index (χ3n) is 3.93. The Labute approximate surface area is 109 Å². The molecule has 18 heavy (non-hydrogen) atoms. The van der Waals surface area contributed by atoms with E-state index >= 15 is 0 Å². The lowest BCUT2D eigenvalue weighted by atomic mass is 9.70. The van der Waals surface area contributed by atoms with Crippen LogP contribution in [0.2, 0.25) is 0 Å². The molecule has 0 radical (unpaired) electrons. The number of carbonyl (C=O) groups excluding carboxylic acids is 1. The van der Waals surface area contributed by atoms with Crippen LogP contribution in [-0.4, -0.2) is 5.78 Å². The number of rotatable bonds is 3. The zero-order valence-corrected chi connectivity index (χ0v) is 11.0. The van der Waals surface area contributed by atoms with Gasteiger partial charge in [0.2, 0.25) is 0 Å². The average Bonchev–Trinajstić information content (AvgIpc) is 2.40. The van der Waals surface area contributed by atoms with Crippen LogP contribution in [0, 0.1) is 5.41 Å². The quantitative estimate of drug-likeness (QED) is 0.715. The van der Waals surface area contributed by atoms with Crippen LogP contribution in [0.1, 0.15) is 38.2 Å². The maximum atomic E-state index is 12.1. The number of hydrogen-bond donors (Lipinski definition) is 0. The van der Waals surface area contributed by atoms with Gasteiger partial charge in [-0.1, -0.05) is 55.5 Å². The third kappa shape index (κ3) is 2.61. The van der Waals surface area contributed by atoms with Gasteiger partial charge in [-0.25, -0.2) is 0 Å². The molecule has 0 heterocycles. The number of allylic oxidation sites excluding steroid dienone is 2. The molecule has 1 aromatic rings. The van der Waals surface area contributed by atoms with Crippen molar-refractivity contribution in [2.24, 2.45) is 5.41 Å². The molecule has 1 aromatic carbocycles. The summed E-state index contributed by atoms with van der Waals surface area (Å²) in [6, 6.07) is 10.1. The van der Waals surface area contributed by atoms with E-state index in [1.54, 1.807) is 0 Å². The molecule has 1 aliphatic rings. The molecule has 1 heteroatoms. The Morgan fingerprint density at radius 1 is 1.28 bits per heavy atom. The first-order valence-corrected chi connectivity index (χ1v) is 6.59. The molecule has 2 rings (SSSR count). The first-order valence-electron chi connectivity index (χ1n) is 6.59. The van der Waals surface area contributed by atoms with Crippen LogP contribution >= 0.6 is 0 Å². The lowest BCUT2D eigenvalue weighted by Crippen LogP contribution is -2.32. The van der Waals surface area contributed by atoms with Crippen LogP contribution in [0.25, 0.3) is 6.08 Å². The zero-order chi connectivity index (χ0) is 13.0. The van der Waals surface area contributed by atoms with Crippen molar-refractivity contribution in [1.29, 1.82) is 0 Å². The summed E-state index contributed by atoms with van der Waals surface area (Å²) in [5, 5.41) is 0. The second-order valence-corrected chi connectivity index (χ2v) is 5.23. The fourth-order valence-corrected chi connectivity index (χ4v) is 2.46. The Bertz CT molecular complexity index is 470. The van der Waals surface area contributed by atoms with Gasteiger partial charge in [-0.3, -0.25) is 4.79 Å².